The van der Waals surface area contributed by atoms with Gasteiger partial charge in [-0.15, -0.1) is 0 Å². The Morgan fingerprint density at radius 3 is 2.37 bits per heavy atom. The van der Waals surface area contributed by atoms with Crippen LogP contribution < -0.4 is 5.32 Å². The molecule has 0 unspecified atom stereocenters. The lowest BCUT2D eigenvalue weighted by atomic mass is 9.85. The minimum absolute atomic E-state index is 0.0457. The van der Waals surface area contributed by atoms with Crippen LogP contribution in [0.3, 0.4) is 0 Å². The van der Waals surface area contributed by atoms with Crippen molar-refractivity contribution < 1.29 is 4.92 Å². The Kier molecular flexibility index (Phi) is 5.54. The highest BCUT2D eigenvalue weighted by molar-refractivity contribution is 6.29. The molecular formula is C13H20ClN3O2. The maximum atomic E-state index is 10.9. The van der Waals surface area contributed by atoms with Gasteiger partial charge in [-0.25, -0.2) is 4.98 Å². The van der Waals surface area contributed by atoms with Crippen molar-refractivity contribution in [1.29, 1.82) is 0 Å². The lowest BCUT2D eigenvalue weighted by molar-refractivity contribution is -0.384. The molecule has 0 saturated carbocycles. The molecular weight excluding hydrogens is 266 g/mol. The van der Waals surface area contributed by atoms with E-state index >= 15 is 0 Å². The Morgan fingerprint density at radius 2 is 1.89 bits per heavy atom. The van der Waals surface area contributed by atoms with E-state index in [1.807, 2.05) is 0 Å². The number of hydrogen-bond donors (Lipinski definition) is 1. The van der Waals surface area contributed by atoms with E-state index in [0.717, 1.165) is 0 Å². The molecule has 6 heteroatoms. The zero-order valence-electron chi connectivity index (χ0n) is 11.7. The third kappa shape index (κ3) is 4.35. The van der Waals surface area contributed by atoms with Crippen LogP contribution in [-0.2, 0) is 0 Å². The van der Waals surface area contributed by atoms with Crippen LogP contribution in [0, 0.1) is 27.9 Å². The molecule has 0 aromatic carbocycles. The molecule has 0 atom stereocenters. The van der Waals surface area contributed by atoms with Crippen molar-refractivity contribution in [3.8, 4) is 0 Å². The van der Waals surface area contributed by atoms with E-state index in [1.165, 1.54) is 12.1 Å². The van der Waals surface area contributed by atoms with Crippen molar-refractivity contribution in [2.45, 2.75) is 27.7 Å². The molecule has 0 bridgehead atoms. The summed E-state index contributed by atoms with van der Waals surface area (Å²) in [6.07, 6.45) is 0. The molecule has 0 saturated heterocycles. The summed E-state index contributed by atoms with van der Waals surface area (Å²) < 4.78 is 0. The normalized spacial score (nSPS) is 11.4. The Morgan fingerprint density at radius 1 is 1.32 bits per heavy atom. The van der Waals surface area contributed by atoms with Crippen molar-refractivity contribution in [2.75, 3.05) is 11.9 Å². The highest BCUT2D eigenvalue weighted by atomic mass is 35.5. The summed E-state index contributed by atoms with van der Waals surface area (Å²) in [5.41, 5.74) is -0.0457. The first-order chi connectivity index (χ1) is 8.82. The molecule has 106 valence electrons. The molecule has 1 rings (SSSR count). The van der Waals surface area contributed by atoms with Crippen LogP contribution >= 0.6 is 11.6 Å². The van der Waals surface area contributed by atoms with Crippen molar-refractivity contribution in [3.05, 3.63) is 27.4 Å². The van der Waals surface area contributed by atoms with Crippen LogP contribution in [-0.4, -0.2) is 16.5 Å². The summed E-state index contributed by atoms with van der Waals surface area (Å²) in [7, 11) is 0. The van der Waals surface area contributed by atoms with Gasteiger partial charge in [-0.1, -0.05) is 39.3 Å². The molecule has 0 radical (unpaired) electrons. The lowest BCUT2D eigenvalue weighted by Gasteiger charge is -2.25. The van der Waals surface area contributed by atoms with E-state index in [-0.39, 0.29) is 16.7 Å². The van der Waals surface area contributed by atoms with Gasteiger partial charge in [-0.2, -0.15) is 0 Å². The average Bonchev–Trinajstić information content (AvgIpc) is 2.27. The standard InChI is InChI=1S/C13H20ClN3O2/c1-8(2)10(9(3)4)7-15-13-11(17(18)19)5-6-12(14)16-13/h5-6,8-10H,7H2,1-4H3,(H,15,16). The lowest BCUT2D eigenvalue weighted by Crippen LogP contribution is -2.25. The maximum absolute atomic E-state index is 10.9. The van der Waals surface area contributed by atoms with Crippen LogP contribution in [0.4, 0.5) is 11.5 Å². The summed E-state index contributed by atoms with van der Waals surface area (Å²) >= 11 is 5.79. The smallest absolute Gasteiger partial charge is 0.311 e. The van der Waals surface area contributed by atoms with Crippen molar-refractivity contribution in [1.82, 2.24) is 4.98 Å². The molecule has 0 spiro atoms. The van der Waals surface area contributed by atoms with Crippen molar-refractivity contribution >= 4 is 23.1 Å². The molecule has 0 aliphatic heterocycles. The number of nitro groups is 1. The quantitative estimate of drug-likeness (QED) is 0.487. The number of anilines is 1. The van der Waals surface area contributed by atoms with Gasteiger partial charge in [-0.05, 0) is 23.8 Å². The van der Waals surface area contributed by atoms with Crippen LogP contribution in [0.5, 0.6) is 0 Å². The average molecular weight is 286 g/mol. The first kappa shape index (κ1) is 15.7. The monoisotopic (exact) mass is 285 g/mol. The first-order valence-electron chi connectivity index (χ1n) is 6.37. The molecule has 1 aromatic rings. The van der Waals surface area contributed by atoms with E-state index in [2.05, 4.69) is 38.0 Å². The van der Waals surface area contributed by atoms with Crippen LogP contribution in [0.2, 0.25) is 5.15 Å². The molecule has 0 aliphatic carbocycles. The minimum atomic E-state index is -0.453. The molecule has 0 amide bonds. The second-order valence-corrected chi connectivity index (χ2v) is 5.68. The maximum Gasteiger partial charge on any atom is 0.311 e. The number of hydrogen-bond acceptors (Lipinski definition) is 4. The number of pyridine rings is 1. The van der Waals surface area contributed by atoms with Gasteiger partial charge in [0.2, 0.25) is 5.82 Å². The van der Waals surface area contributed by atoms with Gasteiger partial charge >= 0.3 is 5.69 Å². The van der Waals surface area contributed by atoms with Gasteiger partial charge in [0, 0.05) is 12.6 Å². The number of rotatable bonds is 6. The Bertz CT molecular complexity index is 442. The second kappa shape index (κ2) is 6.70. The van der Waals surface area contributed by atoms with Gasteiger partial charge in [0.05, 0.1) is 4.92 Å². The summed E-state index contributed by atoms with van der Waals surface area (Å²) in [4.78, 5) is 14.5. The molecule has 1 aromatic heterocycles. The fourth-order valence-electron chi connectivity index (χ4n) is 2.16. The van der Waals surface area contributed by atoms with Gasteiger partial charge in [0.25, 0.3) is 0 Å². The molecule has 0 aliphatic rings. The molecule has 19 heavy (non-hydrogen) atoms. The predicted molar refractivity (Wildman–Crippen MR) is 77.6 cm³/mol. The third-order valence-corrected chi connectivity index (χ3v) is 3.46. The molecule has 1 heterocycles. The van der Waals surface area contributed by atoms with Gasteiger partial charge in [0.1, 0.15) is 5.15 Å². The van der Waals surface area contributed by atoms with E-state index in [9.17, 15) is 10.1 Å². The summed E-state index contributed by atoms with van der Waals surface area (Å²) in [5, 5.41) is 14.2. The Balaban J connectivity index is 2.87. The number of nitrogens with zero attached hydrogens (tertiary/aromatic N) is 2. The minimum Gasteiger partial charge on any atom is -0.364 e. The zero-order chi connectivity index (χ0) is 14.6. The topological polar surface area (TPSA) is 68.1 Å². The number of nitrogens with one attached hydrogen (secondary N) is 1. The highest BCUT2D eigenvalue weighted by Crippen LogP contribution is 2.26. The van der Waals surface area contributed by atoms with Crippen molar-refractivity contribution in [3.63, 3.8) is 0 Å². The van der Waals surface area contributed by atoms with Crippen LogP contribution in [0.15, 0.2) is 12.1 Å². The van der Waals surface area contributed by atoms with E-state index in [0.29, 0.717) is 24.3 Å². The predicted octanol–water partition coefficient (Wildman–Crippen LogP) is 3.98. The molecule has 0 fully saturated rings. The summed E-state index contributed by atoms with van der Waals surface area (Å²) in [6, 6.07) is 2.80. The highest BCUT2D eigenvalue weighted by Gasteiger charge is 2.20. The largest absolute Gasteiger partial charge is 0.364 e. The van der Waals surface area contributed by atoms with Crippen LogP contribution in [0.1, 0.15) is 27.7 Å². The third-order valence-electron chi connectivity index (χ3n) is 3.25. The summed E-state index contributed by atoms with van der Waals surface area (Å²) in [5.74, 6) is 1.64. The van der Waals surface area contributed by atoms with E-state index in [4.69, 9.17) is 11.6 Å². The number of aromatic nitrogens is 1. The van der Waals surface area contributed by atoms with Gasteiger partial charge < -0.3 is 5.32 Å². The Labute approximate surface area is 118 Å². The fraction of sp³-hybridized carbons (Fsp3) is 0.615. The van der Waals surface area contributed by atoms with Gasteiger partial charge in [-0.3, -0.25) is 10.1 Å². The van der Waals surface area contributed by atoms with Gasteiger partial charge in [0.15, 0.2) is 0 Å². The van der Waals surface area contributed by atoms with Crippen molar-refractivity contribution in [2.24, 2.45) is 17.8 Å². The molecule has 1 N–H and O–H groups in total. The molecule has 5 nitrogen and oxygen atoms in total. The fourth-order valence-corrected chi connectivity index (χ4v) is 2.31. The summed E-state index contributed by atoms with van der Waals surface area (Å²) in [6.45, 7) is 9.22. The second-order valence-electron chi connectivity index (χ2n) is 5.29. The number of halogens is 1. The SMILES string of the molecule is CC(C)C(CNc1nc(Cl)ccc1[N+](=O)[O-])C(C)C. The Hall–Kier alpha value is -1.36. The van der Waals surface area contributed by atoms with E-state index in [1.54, 1.807) is 0 Å². The van der Waals surface area contributed by atoms with Crippen LogP contribution in [0.25, 0.3) is 0 Å². The first-order valence-corrected chi connectivity index (χ1v) is 6.75. The zero-order valence-corrected chi connectivity index (χ0v) is 12.4. The van der Waals surface area contributed by atoms with E-state index < -0.39 is 4.92 Å².